The molecule has 0 aliphatic heterocycles. The fourth-order valence-electron chi connectivity index (χ4n) is 4.14. The average molecular weight is 477 g/mol. The SMILES string of the molecule is C=C(NC(=O)c1csc(C23CC(C2)[C@@H](NC(=O)OC(C)(C)C)C3)n1)C(=O)NC(=C)C(=O)OC. The highest BCUT2D eigenvalue weighted by Gasteiger charge is 2.59. The zero-order valence-electron chi connectivity index (χ0n) is 19.1. The van der Waals surface area contributed by atoms with E-state index in [4.69, 9.17) is 4.74 Å². The Bertz CT molecular complexity index is 1020. The van der Waals surface area contributed by atoms with Crippen LogP contribution in [0, 0.1) is 5.92 Å². The number of fused-ring (bicyclic) bond motifs is 1. The molecule has 33 heavy (non-hydrogen) atoms. The number of thiazole rings is 1. The Morgan fingerprint density at radius 2 is 1.79 bits per heavy atom. The van der Waals surface area contributed by atoms with Crippen molar-refractivity contribution in [3.05, 3.63) is 40.6 Å². The van der Waals surface area contributed by atoms with Crippen LogP contribution in [-0.2, 0) is 24.5 Å². The van der Waals surface area contributed by atoms with Gasteiger partial charge in [-0.3, -0.25) is 9.59 Å². The summed E-state index contributed by atoms with van der Waals surface area (Å²) in [6.45, 7) is 12.3. The van der Waals surface area contributed by atoms with Gasteiger partial charge in [0.25, 0.3) is 11.8 Å². The van der Waals surface area contributed by atoms with E-state index >= 15 is 0 Å². The lowest BCUT2D eigenvalue weighted by Crippen LogP contribution is -2.40. The molecule has 1 aromatic rings. The molecule has 0 saturated heterocycles. The molecule has 3 aliphatic carbocycles. The lowest BCUT2D eigenvalue weighted by atomic mass is 9.70. The number of hydrogen-bond donors (Lipinski definition) is 3. The van der Waals surface area contributed by atoms with E-state index in [1.54, 1.807) is 5.38 Å². The van der Waals surface area contributed by atoms with E-state index in [0.29, 0.717) is 5.92 Å². The summed E-state index contributed by atoms with van der Waals surface area (Å²) in [5.74, 6) is -1.83. The predicted molar refractivity (Wildman–Crippen MR) is 120 cm³/mol. The summed E-state index contributed by atoms with van der Waals surface area (Å²) in [5, 5.41) is 9.98. The van der Waals surface area contributed by atoms with Gasteiger partial charge in [-0.05, 0) is 46.0 Å². The number of esters is 1. The monoisotopic (exact) mass is 476 g/mol. The molecule has 3 aliphatic rings. The normalized spacial score (nSPS) is 23.0. The third kappa shape index (κ3) is 5.41. The van der Waals surface area contributed by atoms with Crippen LogP contribution in [0.15, 0.2) is 29.9 Å². The molecular weight excluding hydrogens is 448 g/mol. The van der Waals surface area contributed by atoms with E-state index in [9.17, 15) is 19.2 Å². The number of hydrogen-bond acceptors (Lipinski definition) is 8. The molecule has 0 unspecified atom stereocenters. The van der Waals surface area contributed by atoms with Gasteiger partial charge in [-0.25, -0.2) is 14.6 Å². The molecule has 1 aromatic heterocycles. The summed E-state index contributed by atoms with van der Waals surface area (Å²) in [5.41, 5.74) is -1.10. The first-order valence-electron chi connectivity index (χ1n) is 10.4. The third-order valence-corrected chi connectivity index (χ3v) is 6.70. The van der Waals surface area contributed by atoms with Crippen molar-refractivity contribution >= 4 is 35.2 Å². The highest BCUT2D eigenvalue weighted by atomic mass is 32.1. The molecule has 3 amide bonds. The molecule has 0 radical (unpaired) electrons. The summed E-state index contributed by atoms with van der Waals surface area (Å²) in [7, 11) is 1.15. The molecular formula is C22H28N4O6S. The third-order valence-electron chi connectivity index (χ3n) is 5.61. The van der Waals surface area contributed by atoms with Gasteiger partial charge < -0.3 is 25.4 Å². The number of nitrogens with zero attached hydrogens (tertiary/aromatic N) is 1. The quantitative estimate of drug-likeness (QED) is 0.405. The van der Waals surface area contributed by atoms with Gasteiger partial charge in [0, 0.05) is 16.8 Å². The Morgan fingerprint density at radius 1 is 1.12 bits per heavy atom. The average Bonchev–Trinajstić information content (AvgIpc) is 3.38. The van der Waals surface area contributed by atoms with E-state index in [2.05, 4.69) is 38.8 Å². The number of methoxy groups -OCH3 is 1. The minimum absolute atomic E-state index is 0.00686. The predicted octanol–water partition coefficient (Wildman–Crippen LogP) is 2.13. The van der Waals surface area contributed by atoms with E-state index in [1.807, 2.05) is 20.8 Å². The molecule has 0 spiro atoms. The fourth-order valence-corrected chi connectivity index (χ4v) is 5.17. The van der Waals surface area contributed by atoms with Crippen molar-refractivity contribution in [2.45, 2.75) is 57.1 Å². The number of carbonyl (C=O) groups is 4. The van der Waals surface area contributed by atoms with Crippen LogP contribution in [0.4, 0.5) is 4.79 Å². The Labute approximate surface area is 195 Å². The minimum Gasteiger partial charge on any atom is -0.464 e. The van der Waals surface area contributed by atoms with Gasteiger partial charge in [-0.15, -0.1) is 11.3 Å². The molecule has 3 N–H and O–H groups in total. The van der Waals surface area contributed by atoms with Gasteiger partial charge in [0.2, 0.25) is 0 Å². The number of alkyl carbamates (subject to hydrolysis) is 1. The Hall–Kier alpha value is -3.21. The molecule has 2 bridgehead atoms. The second-order valence-electron chi connectivity index (χ2n) is 9.30. The topological polar surface area (TPSA) is 136 Å². The van der Waals surface area contributed by atoms with Crippen LogP contribution in [0.25, 0.3) is 0 Å². The summed E-state index contributed by atoms with van der Waals surface area (Å²) in [6.07, 6.45) is 2.07. The van der Waals surface area contributed by atoms with Gasteiger partial charge in [-0.1, -0.05) is 13.2 Å². The first kappa shape index (κ1) is 24.4. The largest absolute Gasteiger partial charge is 0.464 e. The van der Waals surface area contributed by atoms with Crippen molar-refractivity contribution in [2.75, 3.05) is 7.11 Å². The second-order valence-corrected chi connectivity index (χ2v) is 10.2. The number of nitrogens with one attached hydrogen (secondary N) is 3. The highest BCUT2D eigenvalue weighted by Crippen LogP contribution is 2.60. The van der Waals surface area contributed by atoms with Gasteiger partial charge in [0.15, 0.2) is 0 Å². The smallest absolute Gasteiger partial charge is 0.407 e. The maximum absolute atomic E-state index is 12.5. The summed E-state index contributed by atoms with van der Waals surface area (Å²) < 4.78 is 9.80. The summed E-state index contributed by atoms with van der Waals surface area (Å²) >= 11 is 1.37. The lowest BCUT2D eigenvalue weighted by Gasteiger charge is -2.36. The molecule has 1 atom stereocenters. The van der Waals surface area contributed by atoms with Crippen molar-refractivity contribution < 1.29 is 28.7 Å². The molecule has 10 nitrogen and oxygen atoms in total. The number of aromatic nitrogens is 1. The Kier molecular flexibility index (Phi) is 6.64. The molecule has 1 heterocycles. The van der Waals surface area contributed by atoms with Crippen molar-refractivity contribution in [2.24, 2.45) is 5.92 Å². The molecule has 178 valence electrons. The van der Waals surface area contributed by atoms with E-state index in [0.717, 1.165) is 31.4 Å². The van der Waals surface area contributed by atoms with Gasteiger partial charge in [-0.2, -0.15) is 0 Å². The minimum atomic E-state index is -0.805. The molecule has 11 heteroatoms. The van der Waals surface area contributed by atoms with Gasteiger partial charge in [0.1, 0.15) is 17.0 Å². The molecule has 3 fully saturated rings. The van der Waals surface area contributed by atoms with Crippen molar-refractivity contribution in [3.63, 3.8) is 0 Å². The maximum atomic E-state index is 12.5. The van der Waals surface area contributed by atoms with Crippen LogP contribution < -0.4 is 16.0 Å². The lowest BCUT2D eigenvalue weighted by molar-refractivity contribution is -0.137. The first-order chi connectivity index (χ1) is 15.3. The van der Waals surface area contributed by atoms with E-state index < -0.39 is 29.5 Å². The number of rotatable bonds is 7. The van der Waals surface area contributed by atoms with Crippen LogP contribution in [0.5, 0.6) is 0 Å². The molecule has 4 rings (SSSR count). The highest BCUT2D eigenvalue weighted by molar-refractivity contribution is 7.10. The van der Waals surface area contributed by atoms with E-state index in [-0.39, 0.29) is 28.5 Å². The second kappa shape index (κ2) is 8.97. The maximum Gasteiger partial charge on any atom is 0.407 e. The van der Waals surface area contributed by atoms with Gasteiger partial charge >= 0.3 is 12.1 Å². The van der Waals surface area contributed by atoms with Crippen LogP contribution >= 0.6 is 11.3 Å². The van der Waals surface area contributed by atoms with Gasteiger partial charge in [0.05, 0.1) is 17.8 Å². The number of amides is 3. The number of ether oxygens (including phenoxy) is 2. The van der Waals surface area contributed by atoms with Crippen LogP contribution in [0.3, 0.4) is 0 Å². The van der Waals surface area contributed by atoms with Crippen LogP contribution in [-0.4, -0.2) is 47.6 Å². The summed E-state index contributed by atoms with van der Waals surface area (Å²) in [6, 6.07) is 0.00686. The molecule has 3 saturated carbocycles. The first-order valence-corrected chi connectivity index (χ1v) is 11.3. The fraction of sp³-hybridized carbons (Fsp3) is 0.500. The zero-order valence-corrected chi connectivity index (χ0v) is 19.9. The zero-order chi connectivity index (χ0) is 24.6. The standard InChI is InChI=1S/C22H28N4O6S/c1-11(16(27)24-12(2)18(29)31-6)23-17(28)15-10-33-19(25-15)22-7-13(8-22)14(9-22)26-20(30)32-21(3,4)5/h10,13-14H,1-2,7-9H2,3-6H3,(H,23,28)(H,24,27)(H,26,30)/t13?,14-,22?/m0/s1. The number of carbonyl (C=O) groups excluding carboxylic acids is 4. The Balaban J connectivity index is 1.56. The van der Waals surface area contributed by atoms with Crippen LogP contribution in [0.1, 0.15) is 55.5 Å². The van der Waals surface area contributed by atoms with Crippen LogP contribution in [0.2, 0.25) is 0 Å². The molecule has 0 aromatic carbocycles. The van der Waals surface area contributed by atoms with Crippen molar-refractivity contribution in [1.82, 2.24) is 20.9 Å². The summed E-state index contributed by atoms with van der Waals surface area (Å²) in [4.78, 5) is 52.5. The Morgan fingerprint density at radius 3 is 2.39 bits per heavy atom. The van der Waals surface area contributed by atoms with Crippen molar-refractivity contribution in [1.29, 1.82) is 0 Å². The van der Waals surface area contributed by atoms with Crippen molar-refractivity contribution in [3.8, 4) is 0 Å². The van der Waals surface area contributed by atoms with E-state index in [1.165, 1.54) is 11.3 Å².